The third-order valence-electron chi connectivity index (χ3n) is 8.79. The summed E-state index contributed by atoms with van der Waals surface area (Å²) in [6.07, 6.45) is 2.44. The number of thioether (sulfide) groups is 1. The molecule has 0 bridgehead atoms. The van der Waals surface area contributed by atoms with Gasteiger partial charge in [-0.3, -0.25) is 9.69 Å². The molecule has 1 atom stereocenters. The monoisotopic (exact) mass is 642 g/mol. The maximum absolute atomic E-state index is 14.0. The van der Waals surface area contributed by atoms with E-state index in [1.165, 1.54) is 12.1 Å². The van der Waals surface area contributed by atoms with Crippen molar-refractivity contribution in [2.45, 2.75) is 43.7 Å². The summed E-state index contributed by atoms with van der Waals surface area (Å²) in [5.41, 5.74) is 10.1. The SMILES string of the molecule is CCSc1cc(F)ccc1CN1CCN(C(=O)[C@H](N)C2CCN(CCc3cc(Cl)ccc3-c3cc(O)cc(F)c3)CC2)CC1. The number of hydrogen-bond donors (Lipinski definition) is 2. The number of piperazine rings is 1. The fourth-order valence-electron chi connectivity index (χ4n) is 6.32. The average Bonchev–Trinajstić information content (AvgIpc) is 3.01. The van der Waals surface area contributed by atoms with Crippen LogP contribution in [0.15, 0.2) is 59.5 Å². The Morgan fingerprint density at radius 1 is 0.955 bits per heavy atom. The Labute approximate surface area is 268 Å². The summed E-state index contributed by atoms with van der Waals surface area (Å²) in [7, 11) is 0. The molecule has 6 nitrogen and oxygen atoms in total. The van der Waals surface area contributed by atoms with Crippen LogP contribution in [-0.4, -0.2) is 83.3 Å². The van der Waals surface area contributed by atoms with Gasteiger partial charge in [-0.15, -0.1) is 11.8 Å². The molecule has 0 aromatic heterocycles. The minimum absolute atomic E-state index is 0.0361. The Morgan fingerprint density at radius 3 is 2.41 bits per heavy atom. The molecule has 5 rings (SSSR count). The second-order valence-electron chi connectivity index (χ2n) is 11.7. The van der Waals surface area contributed by atoms with Gasteiger partial charge in [-0.1, -0.05) is 30.7 Å². The molecule has 0 unspecified atom stereocenters. The Hall–Kier alpha value is -2.69. The zero-order valence-electron chi connectivity index (χ0n) is 25.2. The number of rotatable bonds is 10. The number of phenolic OH excluding ortho intramolecular Hbond substituents is 1. The molecule has 0 aliphatic carbocycles. The van der Waals surface area contributed by atoms with Crippen LogP contribution in [0.1, 0.15) is 30.9 Å². The molecule has 2 aliphatic rings. The van der Waals surface area contributed by atoms with Crippen LogP contribution < -0.4 is 5.73 Å². The van der Waals surface area contributed by atoms with Crippen molar-refractivity contribution in [2.24, 2.45) is 11.7 Å². The molecular formula is C34H41ClF2N4O2S. The number of amides is 1. The molecule has 10 heteroatoms. The smallest absolute Gasteiger partial charge is 0.239 e. The first-order valence-electron chi connectivity index (χ1n) is 15.4. The molecule has 2 saturated heterocycles. The van der Waals surface area contributed by atoms with Gasteiger partial charge in [0.05, 0.1) is 6.04 Å². The number of carbonyl (C=O) groups is 1. The summed E-state index contributed by atoms with van der Waals surface area (Å²) >= 11 is 7.96. The van der Waals surface area contributed by atoms with Crippen LogP contribution in [0.2, 0.25) is 5.02 Å². The van der Waals surface area contributed by atoms with Crippen LogP contribution >= 0.6 is 23.4 Å². The van der Waals surface area contributed by atoms with Crippen molar-refractivity contribution >= 4 is 29.3 Å². The first-order valence-corrected chi connectivity index (χ1v) is 16.7. The van der Waals surface area contributed by atoms with Crippen LogP contribution in [-0.2, 0) is 17.8 Å². The molecule has 2 fully saturated rings. The predicted octanol–water partition coefficient (Wildman–Crippen LogP) is 6.03. The fourth-order valence-corrected chi connectivity index (χ4v) is 7.34. The molecule has 0 radical (unpaired) electrons. The lowest BCUT2D eigenvalue weighted by Crippen LogP contribution is -2.55. The van der Waals surface area contributed by atoms with E-state index >= 15 is 0 Å². The highest BCUT2D eigenvalue weighted by Crippen LogP contribution is 2.31. The summed E-state index contributed by atoms with van der Waals surface area (Å²) < 4.78 is 27.7. The van der Waals surface area contributed by atoms with E-state index < -0.39 is 11.9 Å². The summed E-state index contributed by atoms with van der Waals surface area (Å²) in [6.45, 7) is 8.16. The summed E-state index contributed by atoms with van der Waals surface area (Å²) in [6, 6.07) is 14.1. The van der Waals surface area contributed by atoms with E-state index in [4.69, 9.17) is 17.3 Å². The lowest BCUT2D eigenvalue weighted by molar-refractivity contribution is -0.136. The van der Waals surface area contributed by atoms with E-state index in [2.05, 4.69) is 16.7 Å². The molecule has 3 aromatic rings. The quantitative estimate of drug-likeness (QED) is 0.263. The molecule has 3 N–H and O–H groups in total. The summed E-state index contributed by atoms with van der Waals surface area (Å²) in [4.78, 5) is 20.9. The molecule has 44 heavy (non-hydrogen) atoms. The van der Waals surface area contributed by atoms with Gasteiger partial charge in [0.2, 0.25) is 5.91 Å². The van der Waals surface area contributed by atoms with E-state index in [0.29, 0.717) is 23.7 Å². The number of benzene rings is 3. The number of aromatic hydroxyl groups is 1. The van der Waals surface area contributed by atoms with Gasteiger partial charge in [-0.05, 0) is 103 Å². The van der Waals surface area contributed by atoms with Gasteiger partial charge in [-0.25, -0.2) is 8.78 Å². The van der Waals surface area contributed by atoms with E-state index in [0.717, 1.165) is 91.9 Å². The van der Waals surface area contributed by atoms with Crippen molar-refractivity contribution < 1.29 is 18.7 Å². The fraction of sp³-hybridized carbons (Fsp3) is 0.441. The highest BCUT2D eigenvalue weighted by atomic mass is 35.5. The summed E-state index contributed by atoms with van der Waals surface area (Å²) in [5, 5.41) is 10.5. The van der Waals surface area contributed by atoms with E-state index in [1.54, 1.807) is 30.0 Å². The molecular weight excluding hydrogens is 602 g/mol. The number of phenols is 1. The van der Waals surface area contributed by atoms with Crippen LogP contribution in [0.25, 0.3) is 11.1 Å². The zero-order chi connectivity index (χ0) is 31.2. The largest absolute Gasteiger partial charge is 0.508 e. The number of nitrogens with zero attached hydrogens (tertiary/aromatic N) is 3. The Bertz CT molecular complexity index is 1420. The lowest BCUT2D eigenvalue weighted by atomic mass is 9.88. The predicted molar refractivity (Wildman–Crippen MR) is 174 cm³/mol. The van der Waals surface area contributed by atoms with E-state index in [-0.39, 0.29) is 23.4 Å². The van der Waals surface area contributed by atoms with Gasteiger partial charge in [0.1, 0.15) is 17.4 Å². The lowest BCUT2D eigenvalue weighted by Gasteiger charge is -2.39. The van der Waals surface area contributed by atoms with Crippen molar-refractivity contribution in [3.8, 4) is 16.9 Å². The van der Waals surface area contributed by atoms with Crippen molar-refractivity contribution in [3.05, 3.63) is 82.4 Å². The van der Waals surface area contributed by atoms with Gasteiger partial charge >= 0.3 is 0 Å². The van der Waals surface area contributed by atoms with Crippen LogP contribution in [0.3, 0.4) is 0 Å². The Balaban J connectivity index is 1.09. The molecule has 2 aliphatic heterocycles. The van der Waals surface area contributed by atoms with E-state index in [1.807, 2.05) is 23.1 Å². The average molecular weight is 643 g/mol. The van der Waals surface area contributed by atoms with Crippen molar-refractivity contribution in [3.63, 3.8) is 0 Å². The number of likely N-dealkylation sites (tertiary alicyclic amines) is 1. The zero-order valence-corrected chi connectivity index (χ0v) is 26.7. The third kappa shape index (κ3) is 8.31. The van der Waals surface area contributed by atoms with Gasteiger partial charge in [-0.2, -0.15) is 0 Å². The number of carbonyl (C=O) groups excluding carboxylic acids is 1. The van der Waals surface area contributed by atoms with Crippen molar-refractivity contribution in [1.82, 2.24) is 14.7 Å². The second-order valence-corrected chi connectivity index (χ2v) is 13.5. The number of hydrogen-bond acceptors (Lipinski definition) is 6. The molecule has 1 amide bonds. The number of nitrogens with two attached hydrogens (primary N) is 1. The summed E-state index contributed by atoms with van der Waals surface area (Å²) in [5.74, 6) is 0.261. The Morgan fingerprint density at radius 2 is 1.70 bits per heavy atom. The van der Waals surface area contributed by atoms with E-state index in [9.17, 15) is 18.7 Å². The van der Waals surface area contributed by atoms with Crippen LogP contribution in [0, 0.1) is 17.6 Å². The molecule has 236 valence electrons. The first kappa shape index (κ1) is 32.7. The molecule has 3 aromatic carbocycles. The van der Waals surface area contributed by atoms with Crippen molar-refractivity contribution in [2.75, 3.05) is 51.6 Å². The maximum atomic E-state index is 14.0. The highest BCUT2D eigenvalue weighted by Gasteiger charge is 2.33. The van der Waals surface area contributed by atoms with Gasteiger partial charge in [0.25, 0.3) is 0 Å². The second kappa shape index (κ2) is 15.1. The molecule has 0 spiro atoms. The van der Waals surface area contributed by atoms with Gasteiger partial charge in [0, 0.05) is 55.3 Å². The Kier molecular flexibility index (Phi) is 11.2. The molecule has 0 saturated carbocycles. The maximum Gasteiger partial charge on any atom is 0.239 e. The standard InChI is InChI=1S/C34H41ClF2N4O2S/c1-2-44-32-21-28(36)5-3-25(32)22-40-13-15-41(16-14-40)34(43)33(38)23-7-10-39(11-8-23)12-9-24-17-27(35)4-6-31(24)26-18-29(37)20-30(42)19-26/h3-6,17-21,23,33,42H,2,7-16,22,38H2,1H3/t33-/m1/s1. The van der Waals surface area contributed by atoms with Crippen LogP contribution in [0.5, 0.6) is 5.75 Å². The van der Waals surface area contributed by atoms with Gasteiger partial charge < -0.3 is 20.6 Å². The van der Waals surface area contributed by atoms with Crippen LogP contribution in [0.4, 0.5) is 8.78 Å². The topological polar surface area (TPSA) is 73.0 Å². The normalized spacial score (nSPS) is 17.6. The number of halogens is 3. The minimum atomic E-state index is -0.506. The van der Waals surface area contributed by atoms with Crippen molar-refractivity contribution in [1.29, 1.82) is 0 Å². The molecule has 2 heterocycles. The van der Waals surface area contributed by atoms with Gasteiger partial charge in [0.15, 0.2) is 0 Å². The third-order valence-corrected chi connectivity index (χ3v) is 10.0. The first-order chi connectivity index (χ1) is 21.2. The minimum Gasteiger partial charge on any atom is -0.508 e. The number of piperidine rings is 1. The highest BCUT2D eigenvalue weighted by molar-refractivity contribution is 7.99.